The van der Waals surface area contributed by atoms with Crippen LogP contribution in [0.15, 0.2) is 70.6 Å². The molecule has 3 heterocycles. The van der Waals surface area contributed by atoms with Gasteiger partial charge in [-0.25, -0.2) is 4.98 Å². The van der Waals surface area contributed by atoms with Crippen LogP contribution in [0.4, 0.5) is 0 Å². The minimum absolute atomic E-state index is 0.0709. The number of aryl methyl sites for hydroxylation is 1. The van der Waals surface area contributed by atoms with Crippen molar-refractivity contribution in [3.8, 4) is 17.1 Å². The number of rotatable bonds is 7. The maximum atomic E-state index is 13.1. The molecule has 2 aromatic carbocycles. The lowest BCUT2D eigenvalue weighted by atomic mass is 10.0. The zero-order valence-corrected chi connectivity index (χ0v) is 20.3. The summed E-state index contributed by atoms with van der Waals surface area (Å²) in [5, 5.41) is 7.16. The topological polar surface area (TPSA) is 81.4 Å². The predicted octanol–water partition coefficient (Wildman–Crippen LogP) is 5.85. The van der Waals surface area contributed by atoms with E-state index < -0.39 is 0 Å². The van der Waals surface area contributed by atoms with Crippen LogP contribution in [0, 0.1) is 6.92 Å². The van der Waals surface area contributed by atoms with Gasteiger partial charge in [0.05, 0.1) is 10.7 Å². The first-order chi connectivity index (χ1) is 17.2. The number of benzene rings is 2. The quantitative estimate of drug-likeness (QED) is 0.305. The van der Waals surface area contributed by atoms with Crippen LogP contribution in [0.25, 0.3) is 17.5 Å². The molecule has 1 aliphatic heterocycles. The summed E-state index contributed by atoms with van der Waals surface area (Å²) >= 11 is 1.61. The largest absolute Gasteiger partial charge is 0.487 e. The summed E-state index contributed by atoms with van der Waals surface area (Å²) in [6.07, 6.45) is 6.19. The molecule has 0 N–H and O–H groups in total. The van der Waals surface area contributed by atoms with E-state index in [0.29, 0.717) is 24.9 Å². The number of carbonyl (C=O) groups is 1. The van der Waals surface area contributed by atoms with E-state index in [1.807, 2.05) is 77.9 Å². The Hall–Kier alpha value is -3.78. The Balaban J connectivity index is 1.26. The molecule has 4 aromatic rings. The number of amides is 1. The van der Waals surface area contributed by atoms with Gasteiger partial charge in [0, 0.05) is 23.6 Å². The summed E-state index contributed by atoms with van der Waals surface area (Å²) < 4.78 is 11.5. The minimum atomic E-state index is -0.220. The average Bonchev–Trinajstić information content (AvgIpc) is 3.56. The van der Waals surface area contributed by atoms with Gasteiger partial charge in [0.1, 0.15) is 18.4 Å². The Labute approximate surface area is 208 Å². The fourth-order valence-electron chi connectivity index (χ4n) is 4.13. The van der Waals surface area contributed by atoms with Crippen molar-refractivity contribution in [2.24, 2.45) is 0 Å². The minimum Gasteiger partial charge on any atom is -0.487 e. The van der Waals surface area contributed by atoms with Crippen molar-refractivity contribution < 1.29 is 14.1 Å². The Morgan fingerprint density at radius 1 is 1.17 bits per heavy atom. The molecule has 8 heteroatoms. The summed E-state index contributed by atoms with van der Waals surface area (Å²) in [7, 11) is 0. The van der Waals surface area contributed by atoms with E-state index >= 15 is 0 Å². The van der Waals surface area contributed by atoms with E-state index in [9.17, 15) is 4.79 Å². The molecule has 0 aliphatic carbocycles. The zero-order valence-electron chi connectivity index (χ0n) is 19.5. The predicted molar refractivity (Wildman–Crippen MR) is 135 cm³/mol. The fourth-order valence-corrected chi connectivity index (χ4v) is 4.73. The number of aromatic nitrogens is 3. The van der Waals surface area contributed by atoms with E-state index in [1.165, 1.54) is 0 Å². The Kier molecular flexibility index (Phi) is 6.99. The number of likely N-dealkylation sites (tertiary alicyclic amines) is 1. The van der Waals surface area contributed by atoms with Crippen molar-refractivity contribution in [3.63, 3.8) is 0 Å². The van der Waals surface area contributed by atoms with Crippen LogP contribution in [0.5, 0.6) is 5.75 Å². The third-order valence-corrected chi connectivity index (χ3v) is 6.70. The molecule has 0 spiro atoms. The van der Waals surface area contributed by atoms with Gasteiger partial charge < -0.3 is 14.2 Å². The van der Waals surface area contributed by atoms with Crippen molar-refractivity contribution in [1.82, 2.24) is 20.0 Å². The first-order valence-electron chi connectivity index (χ1n) is 11.7. The van der Waals surface area contributed by atoms with Crippen LogP contribution in [0.3, 0.4) is 0 Å². The van der Waals surface area contributed by atoms with Crippen molar-refractivity contribution in [3.05, 3.63) is 88.2 Å². The smallest absolute Gasteiger partial charge is 0.249 e. The van der Waals surface area contributed by atoms with Crippen LogP contribution >= 0.6 is 11.3 Å². The summed E-state index contributed by atoms with van der Waals surface area (Å²) in [6.45, 7) is 3.05. The highest BCUT2D eigenvalue weighted by Crippen LogP contribution is 2.31. The van der Waals surface area contributed by atoms with Crippen LogP contribution < -0.4 is 4.74 Å². The van der Waals surface area contributed by atoms with Crippen LogP contribution in [0.2, 0.25) is 0 Å². The highest BCUT2D eigenvalue weighted by Gasteiger charge is 2.31. The highest BCUT2D eigenvalue weighted by molar-refractivity contribution is 7.09. The summed E-state index contributed by atoms with van der Waals surface area (Å²) in [5.41, 5.74) is 2.70. The van der Waals surface area contributed by atoms with Crippen LogP contribution in [0.1, 0.15) is 47.5 Å². The molecule has 0 saturated carbocycles. The number of nitrogens with zero attached hydrogens (tertiary/aromatic N) is 4. The second kappa shape index (κ2) is 10.7. The lowest BCUT2D eigenvalue weighted by Crippen LogP contribution is -2.37. The highest BCUT2D eigenvalue weighted by atomic mass is 32.1. The van der Waals surface area contributed by atoms with Gasteiger partial charge in [-0.2, -0.15) is 4.98 Å². The lowest BCUT2D eigenvalue weighted by Gasteiger charge is -2.32. The van der Waals surface area contributed by atoms with E-state index in [-0.39, 0.29) is 11.9 Å². The first kappa shape index (κ1) is 23.0. The molecular weight excluding hydrogens is 460 g/mol. The van der Waals surface area contributed by atoms with Crippen LogP contribution in [-0.4, -0.2) is 32.5 Å². The molecule has 1 fully saturated rings. The Morgan fingerprint density at radius 3 is 2.89 bits per heavy atom. The van der Waals surface area contributed by atoms with E-state index in [4.69, 9.17) is 9.26 Å². The second-order valence-corrected chi connectivity index (χ2v) is 9.48. The Bertz CT molecular complexity index is 1310. The summed E-state index contributed by atoms with van der Waals surface area (Å²) in [4.78, 5) is 24.0. The second-order valence-electron chi connectivity index (χ2n) is 8.42. The van der Waals surface area contributed by atoms with Crippen LogP contribution in [-0.2, 0) is 11.4 Å². The number of ether oxygens (including phenoxy) is 1. The molecule has 0 unspecified atom stereocenters. The number of piperidine rings is 1. The fraction of sp³-hybridized carbons (Fsp3) is 0.259. The molecule has 1 aliphatic rings. The molecule has 5 rings (SSSR count). The standard InChI is InChI=1S/C27H26N4O3S/c1-19-28-22(18-35-19)17-33-23-11-7-8-20(16-23)13-14-25(32)31-15-6-5-12-24(31)27-29-26(30-34-27)21-9-3-2-4-10-21/h2-4,7-11,13-14,16,18,24H,5-6,12,15,17H2,1H3/b14-13-/t24-/m1/s1. The first-order valence-corrected chi connectivity index (χ1v) is 12.6. The molecule has 1 atom stereocenters. The van der Waals surface area contributed by atoms with Crippen molar-refractivity contribution >= 4 is 23.3 Å². The molecule has 0 bridgehead atoms. The van der Waals surface area contributed by atoms with E-state index in [2.05, 4.69) is 15.1 Å². The molecule has 2 aromatic heterocycles. The van der Waals surface area contributed by atoms with Gasteiger partial charge in [0.2, 0.25) is 17.6 Å². The zero-order chi connectivity index (χ0) is 24.0. The van der Waals surface area contributed by atoms with Crippen molar-refractivity contribution in [2.45, 2.75) is 38.8 Å². The van der Waals surface area contributed by atoms with Gasteiger partial charge in [-0.05, 0) is 50.0 Å². The number of hydrogen-bond acceptors (Lipinski definition) is 7. The van der Waals surface area contributed by atoms with Gasteiger partial charge in [-0.3, -0.25) is 4.79 Å². The molecular formula is C27H26N4O3S. The normalized spacial score (nSPS) is 16.0. The van der Waals surface area contributed by atoms with Gasteiger partial charge in [0.15, 0.2) is 0 Å². The Morgan fingerprint density at radius 2 is 2.06 bits per heavy atom. The lowest BCUT2D eigenvalue weighted by molar-refractivity contribution is -0.130. The molecule has 7 nitrogen and oxygen atoms in total. The monoisotopic (exact) mass is 486 g/mol. The molecule has 35 heavy (non-hydrogen) atoms. The third kappa shape index (κ3) is 5.66. The molecule has 1 amide bonds. The van der Waals surface area contributed by atoms with Crippen molar-refractivity contribution in [2.75, 3.05) is 6.54 Å². The van der Waals surface area contributed by atoms with Gasteiger partial charge >= 0.3 is 0 Å². The van der Waals surface area contributed by atoms with E-state index in [0.717, 1.165) is 46.8 Å². The SMILES string of the molecule is Cc1nc(COc2cccc(/C=C\C(=O)N3CCCC[C@@H]3c3nc(-c4ccccc4)no3)c2)cs1. The molecule has 0 radical (unpaired) electrons. The van der Waals surface area contributed by atoms with Crippen molar-refractivity contribution in [1.29, 1.82) is 0 Å². The molecule has 1 saturated heterocycles. The molecule has 178 valence electrons. The summed E-state index contributed by atoms with van der Waals surface area (Å²) in [5.74, 6) is 1.69. The van der Waals surface area contributed by atoms with E-state index in [1.54, 1.807) is 17.4 Å². The maximum absolute atomic E-state index is 13.1. The average molecular weight is 487 g/mol. The van der Waals surface area contributed by atoms with Gasteiger partial charge in [-0.1, -0.05) is 47.6 Å². The number of thiazole rings is 1. The van der Waals surface area contributed by atoms with Gasteiger partial charge in [-0.15, -0.1) is 11.3 Å². The summed E-state index contributed by atoms with van der Waals surface area (Å²) in [6, 6.07) is 17.2. The van der Waals surface area contributed by atoms with Gasteiger partial charge in [0.25, 0.3) is 0 Å². The third-order valence-electron chi connectivity index (χ3n) is 5.87. The maximum Gasteiger partial charge on any atom is 0.249 e. The number of carbonyl (C=O) groups excluding carboxylic acids is 1. The number of hydrogen-bond donors (Lipinski definition) is 0.